The quantitative estimate of drug-likeness (QED) is 0.350. The number of aromatic nitrogens is 1. The number of nitrogens with one attached hydrogen (secondary N) is 1. The van der Waals surface area contributed by atoms with Crippen LogP contribution in [0.2, 0.25) is 0 Å². The first-order valence-electron chi connectivity index (χ1n) is 11.1. The van der Waals surface area contributed by atoms with Crippen LogP contribution in [0.25, 0.3) is 5.69 Å². The first-order chi connectivity index (χ1) is 16.1. The first-order valence-corrected chi connectivity index (χ1v) is 11.1. The van der Waals surface area contributed by atoms with E-state index in [1.54, 1.807) is 0 Å². The lowest BCUT2D eigenvalue weighted by atomic mass is 10.1. The molecule has 33 heavy (non-hydrogen) atoms. The van der Waals surface area contributed by atoms with E-state index in [9.17, 15) is 4.79 Å². The smallest absolute Gasteiger partial charge is 0.251 e. The molecule has 5 nitrogen and oxygen atoms in total. The first kappa shape index (κ1) is 22.2. The molecule has 1 aromatic heterocycles. The number of nitrogens with zero attached hydrogens (tertiary/aromatic N) is 1. The molecule has 5 heteroatoms. The Labute approximate surface area is 194 Å². The third-order valence-electron chi connectivity index (χ3n) is 5.40. The van der Waals surface area contributed by atoms with Gasteiger partial charge in [-0.2, -0.15) is 0 Å². The monoisotopic (exact) mass is 440 g/mol. The number of ether oxygens (including phenoxy) is 2. The molecular weight excluding hydrogens is 412 g/mol. The van der Waals surface area contributed by atoms with Crippen LogP contribution in [0.4, 0.5) is 0 Å². The van der Waals surface area contributed by atoms with Crippen LogP contribution in [-0.2, 0) is 6.61 Å². The Kier molecular flexibility index (Phi) is 7.10. The highest BCUT2D eigenvalue weighted by Gasteiger charge is 2.12. The summed E-state index contributed by atoms with van der Waals surface area (Å²) >= 11 is 0. The number of carbonyl (C=O) groups excluding carboxylic acids is 1. The van der Waals surface area contributed by atoms with Crippen molar-refractivity contribution in [1.82, 2.24) is 9.88 Å². The largest absolute Gasteiger partial charge is 0.494 e. The highest BCUT2D eigenvalue weighted by atomic mass is 16.5. The van der Waals surface area contributed by atoms with E-state index in [4.69, 9.17) is 9.47 Å². The summed E-state index contributed by atoms with van der Waals surface area (Å²) in [6.45, 7) is 5.01. The molecule has 1 unspecified atom stereocenters. The summed E-state index contributed by atoms with van der Waals surface area (Å²) in [4.78, 5) is 12.7. The second-order valence-electron chi connectivity index (χ2n) is 7.77. The molecule has 0 bridgehead atoms. The molecule has 4 rings (SSSR count). The van der Waals surface area contributed by atoms with E-state index in [0.29, 0.717) is 18.8 Å². The fourth-order valence-corrected chi connectivity index (χ4v) is 3.52. The van der Waals surface area contributed by atoms with Crippen molar-refractivity contribution in [2.45, 2.75) is 26.5 Å². The average Bonchev–Trinajstić information content (AvgIpc) is 3.39. The summed E-state index contributed by atoms with van der Waals surface area (Å²) in [6, 6.07) is 27.1. The zero-order valence-electron chi connectivity index (χ0n) is 18.9. The average molecular weight is 441 g/mol. The molecule has 168 valence electrons. The van der Waals surface area contributed by atoms with Gasteiger partial charge in [-0.25, -0.2) is 0 Å². The van der Waals surface area contributed by atoms with Gasteiger partial charge in [0.2, 0.25) is 0 Å². The molecule has 3 aromatic carbocycles. The van der Waals surface area contributed by atoms with Gasteiger partial charge >= 0.3 is 0 Å². The molecule has 0 spiro atoms. The molecule has 1 N–H and O–H groups in total. The highest BCUT2D eigenvalue weighted by Crippen LogP contribution is 2.19. The fraction of sp³-hybridized carbons (Fsp3) is 0.179. The number of carbonyl (C=O) groups is 1. The summed E-state index contributed by atoms with van der Waals surface area (Å²) in [6.07, 6.45) is 4.01. The van der Waals surface area contributed by atoms with Crippen LogP contribution in [0.5, 0.6) is 11.5 Å². The van der Waals surface area contributed by atoms with Gasteiger partial charge in [0.1, 0.15) is 18.1 Å². The van der Waals surface area contributed by atoms with Crippen molar-refractivity contribution in [3.8, 4) is 17.2 Å². The summed E-state index contributed by atoms with van der Waals surface area (Å²) in [5.41, 5.74) is 3.76. The molecular formula is C28H28N2O3. The van der Waals surface area contributed by atoms with Gasteiger partial charge < -0.3 is 19.4 Å². The van der Waals surface area contributed by atoms with E-state index in [2.05, 4.69) is 17.4 Å². The molecule has 0 radical (unpaired) electrons. The van der Waals surface area contributed by atoms with Crippen molar-refractivity contribution >= 4 is 5.91 Å². The van der Waals surface area contributed by atoms with Crippen LogP contribution in [0.3, 0.4) is 0 Å². The lowest BCUT2D eigenvalue weighted by Crippen LogP contribution is -2.26. The fourth-order valence-electron chi connectivity index (χ4n) is 3.52. The standard InChI is InChI=1S/C28H28N2O3/c1-3-32-26-14-16-27(17-15-26)33-20-22-6-8-24(9-7-22)28(31)29-21(2)23-10-12-25(13-11-23)30-18-4-5-19-30/h4-19,21H,3,20H2,1-2H3,(H,29,31). The Hall–Kier alpha value is -3.99. The number of hydrogen-bond donors (Lipinski definition) is 1. The van der Waals surface area contributed by atoms with Crippen LogP contribution in [0.1, 0.15) is 41.4 Å². The van der Waals surface area contributed by atoms with E-state index in [1.165, 1.54) is 0 Å². The minimum atomic E-state index is -0.101. The Morgan fingerprint density at radius 1 is 0.848 bits per heavy atom. The van der Waals surface area contributed by atoms with Crippen molar-refractivity contribution in [2.24, 2.45) is 0 Å². The highest BCUT2D eigenvalue weighted by molar-refractivity contribution is 5.94. The van der Waals surface area contributed by atoms with Crippen molar-refractivity contribution in [1.29, 1.82) is 0 Å². The zero-order chi connectivity index (χ0) is 23.0. The van der Waals surface area contributed by atoms with Crippen molar-refractivity contribution in [2.75, 3.05) is 6.61 Å². The topological polar surface area (TPSA) is 52.5 Å². The van der Waals surface area contributed by atoms with Gasteiger partial charge in [0.25, 0.3) is 5.91 Å². The molecule has 1 atom stereocenters. The van der Waals surface area contributed by atoms with Crippen LogP contribution in [0, 0.1) is 0 Å². The lowest BCUT2D eigenvalue weighted by molar-refractivity contribution is 0.0940. The maximum Gasteiger partial charge on any atom is 0.251 e. The summed E-state index contributed by atoms with van der Waals surface area (Å²) < 4.78 is 13.3. The Morgan fingerprint density at radius 3 is 2.06 bits per heavy atom. The summed E-state index contributed by atoms with van der Waals surface area (Å²) in [7, 11) is 0. The van der Waals surface area contributed by atoms with Gasteiger partial charge in [-0.05, 0) is 85.6 Å². The minimum absolute atomic E-state index is 0.0983. The molecule has 4 aromatic rings. The van der Waals surface area contributed by atoms with E-state index < -0.39 is 0 Å². The number of amides is 1. The second kappa shape index (κ2) is 10.6. The summed E-state index contributed by atoms with van der Waals surface area (Å²) in [5.74, 6) is 1.50. The summed E-state index contributed by atoms with van der Waals surface area (Å²) in [5, 5.41) is 3.07. The predicted octanol–water partition coefficient (Wildman–Crippen LogP) is 5.95. The number of hydrogen-bond acceptors (Lipinski definition) is 3. The van der Waals surface area contributed by atoms with Crippen LogP contribution >= 0.6 is 0 Å². The van der Waals surface area contributed by atoms with Gasteiger partial charge in [0.05, 0.1) is 12.6 Å². The zero-order valence-corrected chi connectivity index (χ0v) is 18.9. The SMILES string of the molecule is CCOc1ccc(OCc2ccc(C(=O)NC(C)c3ccc(-n4cccc4)cc3)cc2)cc1. The van der Waals surface area contributed by atoms with Gasteiger partial charge in [0, 0.05) is 23.6 Å². The number of rotatable bonds is 9. The van der Waals surface area contributed by atoms with E-state index in [1.807, 2.05) is 104 Å². The van der Waals surface area contributed by atoms with E-state index >= 15 is 0 Å². The van der Waals surface area contributed by atoms with Crippen LogP contribution in [0.15, 0.2) is 97.3 Å². The van der Waals surface area contributed by atoms with Crippen molar-refractivity contribution in [3.05, 3.63) is 114 Å². The normalized spacial score (nSPS) is 11.6. The molecule has 0 aliphatic heterocycles. The van der Waals surface area contributed by atoms with Crippen molar-refractivity contribution in [3.63, 3.8) is 0 Å². The maximum absolute atomic E-state index is 12.7. The number of benzene rings is 3. The third kappa shape index (κ3) is 5.83. The molecule has 0 aliphatic rings. The minimum Gasteiger partial charge on any atom is -0.494 e. The van der Waals surface area contributed by atoms with E-state index in [0.717, 1.165) is 28.3 Å². The van der Waals surface area contributed by atoms with Gasteiger partial charge in [-0.3, -0.25) is 4.79 Å². The molecule has 0 aliphatic carbocycles. The van der Waals surface area contributed by atoms with Gasteiger partial charge in [0.15, 0.2) is 0 Å². The molecule has 0 saturated carbocycles. The van der Waals surface area contributed by atoms with Gasteiger partial charge in [-0.15, -0.1) is 0 Å². The molecule has 0 saturated heterocycles. The van der Waals surface area contributed by atoms with Crippen LogP contribution < -0.4 is 14.8 Å². The van der Waals surface area contributed by atoms with Crippen LogP contribution in [-0.4, -0.2) is 17.1 Å². The maximum atomic E-state index is 12.7. The molecule has 1 amide bonds. The van der Waals surface area contributed by atoms with Gasteiger partial charge in [-0.1, -0.05) is 24.3 Å². The third-order valence-corrected chi connectivity index (χ3v) is 5.40. The van der Waals surface area contributed by atoms with E-state index in [-0.39, 0.29) is 11.9 Å². The lowest BCUT2D eigenvalue weighted by Gasteiger charge is -2.15. The Bertz CT molecular complexity index is 1150. The second-order valence-corrected chi connectivity index (χ2v) is 7.77. The predicted molar refractivity (Wildman–Crippen MR) is 130 cm³/mol. The molecule has 1 heterocycles. The Balaban J connectivity index is 1.30. The Morgan fingerprint density at radius 2 is 1.45 bits per heavy atom. The van der Waals surface area contributed by atoms with Crippen molar-refractivity contribution < 1.29 is 14.3 Å². The molecule has 0 fully saturated rings.